The number of hydrogen-bond acceptors (Lipinski definition) is 6. The van der Waals surface area contributed by atoms with Gasteiger partial charge in [0.15, 0.2) is 5.03 Å². The molecule has 0 bridgehead atoms. The standard InChI is InChI=1S/C21H23F2N3O4S/c1-13(2)20-21(31(28,29)30-18-10-15(22)9-16(23)11-18)26(19(25-20)6-7-27)12-14-4-3-5-17(24)8-14/h3-5,8-11,13,27H,6-7,12,24H2,1-2H3. The lowest BCUT2D eigenvalue weighted by atomic mass is 10.1. The normalized spacial score (nSPS) is 11.8. The number of aliphatic hydroxyl groups excluding tert-OH is 1. The van der Waals surface area contributed by atoms with Crippen LogP contribution in [0, 0.1) is 11.6 Å². The van der Waals surface area contributed by atoms with Gasteiger partial charge in [0, 0.05) is 30.3 Å². The van der Waals surface area contributed by atoms with Gasteiger partial charge >= 0.3 is 10.1 Å². The smallest absolute Gasteiger partial charge is 0.357 e. The summed E-state index contributed by atoms with van der Waals surface area (Å²) in [7, 11) is -4.53. The van der Waals surface area contributed by atoms with E-state index in [2.05, 4.69) is 4.98 Å². The summed E-state index contributed by atoms with van der Waals surface area (Å²) < 4.78 is 60.1. The number of aliphatic hydroxyl groups is 1. The lowest BCUT2D eigenvalue weighted by molar-refractivity contribution is 0.294. The Hall–Kier alpha value is -2.98. The van der Waals surface area contributed by atoms with Gasteiger partial charge in [-0.1, -0.05) is 26.0 Å². The highest BCUT2D eigenvalue weighted by Crippen LogP contribution is 2.29. The van der Waals surface area contributed by atoms with Gasteiger partial charge in [-0.3, -0.25) is 0 Å². The number of anilines is 1. The molecule has 0 saturated carbocycles. The predicted octanol–water partition coefficient (Wildman–Crippen LogP) is 3.22. The van der Waals surface area contributed by atoms with E-state index in [1.807, 2.05) is 0 Å². The third-order valence-corrected chi connectivity index (χ3v) is 5.79. The van der Waals surface area contributed by atoms with E-state index in [4.69, 9.17) is 9.92 Å². The average Bonchev–Trinajstić information content (AvgIpc) is 3.00. The number of benzene rings is 2. The zero-order valence-corrected chi connectivity index (χ0v) is 17.9. The van der Waals surface area contributed by atoms with Crippen LogP contribution in [0.25, 0.3) is 0 Å². The van der Waals surface area contributed by atoms with Crippen LogP contribution in [0.3, 0.4) is 0 Å². The molecule has 7 nitrogen and oxygen atoms in total. The molecule has 0 amide bonds. The van der Waals surface area contributed by atoms with E-state index in [9.17, 15) is 22.3 Å². The van der Waals surface area contributed by atoms with Crippen LogP contribution >= 0.6 is 0 Å². The quantitative estimate of drug-likeness (QED) is 0.402. The molecule has 0 atom stereocenters. The number of nitrogen functional groups attached to an aromatic ring is 1. The molecule has 2 aromatic carbocycles. The van der Waals surface area contributed by atoms with E-state index in [1.165, 1.54) is 4.57 Å². The second-order valence-corrected chi connectivity index (χ2v) is 8.78. The molecule has 0 aliphatic rings. The third-order valence-electron chi connectivity index (χ3n) is 4.48. The van der Waals surface area contributed by atoms with Gasteiger partial charge in [0.25, 0.3) is 0 Å². The van der Waals surface area contributed by atoms with Gasteiger partial charge in [-0.2, -0.15) is 8.42 Å². The second kappa shape index (κ2) is 9.03. The maximum absolute atomic E-state index is 13.6. The second-order valence-electron chi connectivity index (χ2n) is 7.32. The number of halogens is 2. The first-order valence-corrected chi connectivity index (χ1v) is 11.0. The first-order chi connectivity index (χ1) is 14.6. The van der Waals surface area contributed by atoms with Gasteiger partial charge in [-0.05, 0) is 23.6 Å². The van der Waals surface area contributed by atoms with E-state index in [-0.39, 0.29) is 36.2 Å². The third kappa shape index (κ3) is 5.20. The van der Waals surface area contributed by atoms with Crippen molar-refractivity contribution < 1.29 is 26.5 Å². The van der Waals surface area contributed by atoms with Crippen LogP contribution in [0.4, 0.5) is 14.5 Å². The molecule has 0 radical (unpaired) electrons. The van der Waals surface area contributed by atoms with Gasteiger partial charge in [0.2, 0.25) is 0 Å². The highest BCUT2D eigenvalue weighted by Gasteiger charge is 2.31. The Labute approximate surface area is 179 Å². The molecule has 0 saturated heterocycles. The fraction of sp³-hybridized carbons (Fsp3) is 0.286. The Morgan fingerprint density at radius 1 is 1.16 bits per heavy atom. The lowest BCUT2D eigenvalue weighted by Gasteiger charge is -2.15. The molecule has 1 heterocycles. The first-order valence-electron chi connectivity index (χ1n) is 9.56. The van der Waals surface area contributed by atoms with Crippen LogP contribution in [0.2, 0.25) is 0 Å². The number of nitrogens with two attached hydrogens (primary N) is 1. The van der Waals surface area contributed by atoms with Crippen molar-refractivity contribution in [1.82, 2.24) is 9.55 Å². The highest BCUT2D eigenvalue weighted by atomic mass is 32.2. The maximum atomic E-state index is 13.6. The Bertz CT molecular complexity index is 1170. The highest BCUT2D eigenvalue weighted by molar-refractivity contribution is 7.87. The van der Waals surface area contributed by atoms with Gasteiger partial charge in [0.1, 0.15) is 23.2 Å². The summed E-state index contributed by atoms with van der Waals surface area (Å²) in [6.07, 6.45) is 0.103. The van der Waals surface area contributed by atoms with Crippen LogP contribution in [0.5, 0.6) is 5.75 Å². The Balaban J connectivity index is 2.15. The van der Waals surface area contributed by atoms with E-state index in [0.717, 1.165) is 12.1 Å². The van der Waals surface area contributed by atoms with E-state index in [0.29, 0.717) is 23.1 Å². The van der Waals surface area contributed by atoms with Crippen LogP contribution < -0.4 is 9.92 Å². The van der Waals surface area contributed by atoms with Crippen molar-refractivity contribution in [1.29, 1.82) is 0 Å². The average molecular weight is 451 g/mol. The summed E-state index contributed by atoms with van der Waals surface area (Å²) in [6.45, 7) is 3.37. The zero-order valence-electron chi connectivity index (χ0n) is 17.0. The minimum atomic E-state index is -4.53. The fourth-order valence-electron chi connectivity index (χ4n) is 3.21. The summed E-state index contributed by atoms with van der Waals surface area (Å²) in [5.74, 6) is -2.40. The molecule has 0 spiro atoms. The molecule has 0 aliphatic carbocycles. The van der Waals surface area contributed by atoms with Gasteiger partial charge in [-0.25, -0.2) is 13.8 Å². The lowest BCUT2D eigenvalue weighted by Crippen LogP contribution is -2.19. The topological polar surface area (TPSA) is 107 Å². The van der Waals surface area contributed by atoms with Crippen LogP contribution in [0.1, 0.15) is 36.8 Å². The Morgan fingerprint density at radius 3 is 2.42 bits per heavy atom. The Kier molecular flexibility index (Phi) is 6.61. The molecule has 166 valence electrons. The fourth-order valence-corrected chi connectivity index (χ4v) is 4.62. The van der Waals surface area contributed by atoms with Crippen molar-refractivity contribution in [3.8, 4) is 5.75 Å². The van der Waals surface area contributed by atoms with Crippen molar-refractivity contribution in [3.05, 3.63) is 71.2 Å². The van der Waals surface area contributed by atoms with E-state index < -0.39 is 27.5 Å². The number of nitrogens with zero attached hydrogens (tertiary/aromatic N) is 2. The summed E-state index contributed by atoms with van der Waals surface area (Å²) in [6, 6.07) is 9.07. The van der Waals surface area contributed by atoms with Crippen LogP contribution in [0.15, 0.2) is 47.5 Å². The molecule has 0 fully saturated rings. The summed E-state index contributed by atoms with van der Waals surface area (Å²) in [5.41, 5.74) is 7.27. The van der Waals surface area contributed by atoms with Gasteiger partial charge in [0.05, 0.1) is 18.8 Å². The number of imidazole rings is 1. The van der Waals surface area contributed by atoms with Crippen molar-refractivity contribution in [2.75, 3.05) is 12.3 Å². The predicted molar refractivity (Wildman–Crippen MR) is 111 cm³/mol. The van der Waals surface area contributed by atoms with E-state index in [1.54, 1.807) is 38.1 Å². The molecular formula is C21H23F2N3O4S. The van der Waals surface area contributed by atoms with Crippen molar-refractivity contribution >= 4 is 15.8 Å². The van der Waals surface area contributed by atoms with Crippen LogP contribution in [-0.2, 0) is 23.1 Å². The van der Waals surface area contributed by atoms with Gasteiger partial charge < -0.3 is 19.6 Å². The van der Waals surface area contributed by atoms with Crippen molar-refractivity contribution in [3.63, 3.8) is 0 Å². The molecule has 1 aromatic heterocycles. The Morgan fingerprint density at radius 2 is 1.84 bits per heavy atom. The van der Waals surface area contributed by atoms with E-state index >= 15 is 0 Å². The minimum Gasteiger partial charge on any atom is -0.399 e. The molecule has 0 unspecified atom stereocenters. The first kappa shape index (κ1) is 22.7. The molecule has 3 N–H and O–H groups in total. The molecular weight excluding hydrogens is 428 g/mol. The number of hydrogen-bond donors (Lipinski definition) is 2. The number of aromatic nitrogens is 2. The SMILES string of the molecule is CC(C)c1nc(CCO)n(Cc2cccc(N)c2)c1S(=O)(=O)Oc1cc(F)cc(F)c1. The zero-order chi connectivity index (χ0) is 22.8. The summed E-state index contributed by atoms with van der Waals surface area (Å²) >= 11 is 0. The van der Waals surface area contributed by atoms with Crippen molar-refractivity contribution in [2.45, 2.75) is 37.8 Å². The molecule has 0 aliphatic heterocycles. The largest absolute Gasteiger partial charge is 0.399 e. The summed E-state index contributed by atoms with van der Waals surface area (Å²) in [4.78, 5) is 4.43. The number of rotatable bonds is 8. The molecule has 31 heavy (non-hydrogen) atoms. The van der Waals surface area contributed by atoms with Crippen molar-refractivity contribution in [2.24, 2.45) is 0 Å². The monoisotopic (exact) mass is 451 g/mol. The van der Waals surface area contributed by atoms with Gasteiger partial charge in [-0.15, -0.1) is 0 Å². The minimum absolute atomic E-state index is 0.0928. The molecule has 3 rings (SSSR count). The van der Waals surface area contributed by atoms with Crippen LogP contribution in [-0.4, -0.2) is 29.7 Å². The maximum Gasteiger partial charge on any atom is 0.357 e. The molecule has 10 heteroatoms. The summed E-state index contributed by atoms with van der Waals surface area (Å²) in [5, 5.41) is 9.22. The molecule has 3 aromatic rings.